The first-order valence-corrected chi connectivity index (χ1v) is 12.1. The van der Waals surface area contributed by atoms with Crippen LogP contribution >= 0.6 is 0 Å². The fourth-order valence-corrected chi connectivity index (χ4v) is 2.73. The van der Waals surface area contributed by atoms with Gasteiger partial charge in [0.1, 0.15) is 0 Å². The molecule has 4 aliphatic rings. The van der Waals surface area contributed by atoms with Gasteiger partial charge in [-0.3, -0.25) is 0 Å². The van der Waals surface area contributed by atoms with Gasteiger partial charge in [0.15, 0.2) is 0 Å². The lowest BCUT2D eigenvalue weighted by atomic mass is 10.1. The Bertz CT molecular complexity index is 993. The third-order valence-electron chi connectivity index (χ3n) is 4.86. The van der Waals surface area contributed by atoms with Crippen LogP contribution in [0.25, 0.3) is 0 Å². The highest BCUT2D eigenvalue weighted by Gasteiger charge is 2.08. The average Bonchev–Trinajstić information content (AvgIpc) is 3.68. The molecular formula is C32H38O6. The molecule has 0 aromatic rings. The topological polar surface area (TPSA) is 112 Å². The van der Waals surface area contributed by atoms with E-state index in [1.54, 1.807) is 0 Å². The second kappa shape index (κ2) is 20.7. The fraction of sp³-hybridized carbons (Fsp3) is 0.219. The van der Waals surface area contributed by atoms with E-state index in [-0.39, 0.29) is 16.7 Å². The Morgan fingerprint density at radius 3 is 1.08 bits per heavy atom. The van der Waals surface area contributed by atoms with Gasteiger partial charge in [-0.05, 0) is 32.6 Å². The van der Waals surface area contributed by atoms with E-state index < -0.39 is 17.9 Å². The van der Waals surface area contributed by atoms with E-state index in [0.717, 1.165) is 36.8 Å². The van der Waals surface area contributed by atoms with Crippen LogP contribution < -0.4 is 0 Å². The molecule has 0 atom stereocenters. The molecule has 6 heteroatoms. The highest BCUT2D eigenvalue weighted by molar-refractivity contribution is 5.86. The van der Waals surface area contributed by atoms with Crippen LogP contribution in [-0.4, -0.2) is 33.2 Å². The van der Waals surface area contributed by atoms with Crippen molar-refractivity contribution >= 4 is 17.9 Å². The molecule has 6 nitrogen and oxygen atoms in total. The van der Waals surface area contributed by atoms with Gasteiger partial charge in [-0.2, -0.15) is 0 Å². The Hall–Kier alpha value is -4.45. The zero-order valence-corrected chi connectivity index (χ0v) is 22.0. The van der Waals surface area contributed by atoms with Crippen molar-refractivity contribution in [3.8, 4) is 0 Å². The molecule has 4 rings (SSSR count). The molecule has 0 amide bonds. The highest BCUT2D eigenvalue weighted by atomic mass is 16.4. The minimum atomic E-state index is -0.935. The van der Waals surface area contributed by atoms with Gasteiger partial charge in [-0.1, -0.05) is 116 Å². The molecule has 0 aromatic carbocycles. The Balaban J connectivity index is 0.000000471. The van der Waals surface area contributed by atoms with E-state index in [4.69, 9.17) is 15.3 Å². The van der Waals surface area contributed by atoms with E-state index in [1.807, 2.05) is 36.5 Å². The van der Waals surface area contributed by atoms with Crippen LogP contribution in [0.2, 0.25) is 0 Å². The van der Waals surface area contributed by atoms with Gasteiger partial charge in [-0.15, -0.1) is 0 Å². The van der Waals surface area contributed by atoms with Crippen molar-refractivity contribution in [1.29, 1.82) is 0 Å². The van der Waals surface area contributed by atoms with Crippen LogP contribution in [0.3, 0.4) is 0 Å². The summed E-state index contributed by atoms with van der Waals surface area (Å²) in [5.74, 6) is -2.74. The molecular weight excluding hydrogens is 480 g/mol. The lowest BCUT2D eigenvalue weighted by Gasteiger charge is -1.99. The standard InChI is InChI=1S/2C9H10O2.2C5H6.C4H6O2/c2*1-7(9(10)11)6-8-4-2-3-5-8;2*1-2-4-5-3-1;1-3(2)4(5)6/h2*2-4H,1,5-6H2,(H,10,11);2*1-4H,5H2;1H2,2H3,(H,5,6). The summed E-state index contributed by atoms with van der Waals surface area (Å²) < 4.78 is 0. The molecule has 0 bridgehead atoms. The van der Waals surface area contributed by atoms with Crippen LogP contribution in [-0.2, 0) is 14.4 Å². The Kier molecular flexibility index (Phi) is 18.3. The lowest BCUT2D eigenvalue weighted by Crippen LogP contribution is -1.99. The van der Waals surface area contributed by atoms with Crippen LogP contribution in [0.1, 0.15) is 45.4 Å². The summed E-state index contributed by atoms with van der Waals surface area (Å²) in [5.41, 5.74) is 2.95. The summed E-state index contributed by atoms with van der Waals surface area (Å²) in [6.45, 7) is 11.5. The minimum Gasteiger partial charge on any atom is -0.478 e. The number of rotatable bonds is 7. The van der Waals surface area contributed by atoms with Gasteiger partial charge >= 0.3 is 17.9 Å². The monoisotopic (exact) mass is 518 g/mol. The average molecular weight is 519 g/mol. The summed E-state index contributed by atoms with van der Waals surface area (Å²) in [4.78, 5) is 30.3. The van der Waals surface area contributed by atoms with Gasteiger partial charge in [0.05, 0.1) is 0 Å². The molecule has 0 fully saturated rings. The lowest BCUT2D eigenvalue weighted by molar-refractivity contribution is -0.133. The second-order valence-corrected chi connectivity index (χ2v) is 8.35. The molecule has 0 spiro atoms. The van der Waals surface area contributed by atoms with E-state index in [2.05, 4.69) is 68.3 Å². The Labute approximate surface area is 225 Å². The van der Waals surface area contributed by atoms with Crippen molar-refractivity contribution < 1.29 is 29.7 Å². The van der Waals surface area contributed by atoms with Crippen molar-refractivity contribution in [3.63, 3.8) is 0 Å². The van der Waals surface area contributed by atoms with Crippen molar-refractivity contribution in [2.45, 2.75) is 45.4 Å². The first-order chi connectivity index (χ1) is 18.0. The summed E-state index contributed by atoms with van der Waals surface area (Å²) in [5, 5.41) is 24.9. The van der Waals surface area contributed by atoms with Gasteiger partial charge in [0.2, 0.25) is 0 Å². The van der Waals surface area contributed by atoms with Crippen molar-refractivity contribution in [2.75, 3.05) is 0 Å². The number of carboxylic acids is 3. The number of hydrogen-bond donors (Lipinski definition) is 3. The van der Waals surface area contributed by atoms with Crippen LogP contribution in [0, 0.1) is 0 Å². The number of hydrogen-bond acceptors (Lipinski definition) is 3. The maximum absolute atomic E-state index is 10.3. The predicted molar refractivity (Wildman–Crippen MR) is 155 cm³/mol. The van der Waals surface area contributed by atoms with E-state index in [9.17, 15) is 14.4 Å². The van der Waals surface area contributed by atoms with E-state index >= 15 is 0 Å². The first kappa shape index (κ1) is 33.5. The van der Waals surface area contributed by atoms with Crippen molar-refractivity contribution in [3.05, 3.63) is 133 Å². The number of aliphatic carboxylic acids is 3. The Morgan fingerprint density at radius 2 is 0.921 bits per heavy atom. The smallest absolute Gasteiger partial charge is 0.331 e. The highest BCUT2D eigenvalue weighted by Crippen LogP contribution is 2.19. The third-order valence-corrected chi connectivity index (χ3v) is 4.86. The molecule has 0 aromatic heterocycles. The molecule has 0 heterocycles. The van der Waals surface area contributed by atoms with Gasteiger partial charge in [0, 0.05) is 29.6 Å². The summed E-state index contributed by atoms with van der Waals surface area (Å²) >= 11 is 0. The zero-order valence-electron chi connectivity index (χ0n) is 22.0. The summed E-state index contributed by atoms with van der Waals surface area (Å²) in [6, 6.07) is 0. The molecule has 3 N–H and O–H groups in total. The molecule has 4 aliphatic carbocycles. The third kappa shape index (κ3) is 18.8. The molecule has 202 valence electrons. The molecule has 0 saturated heterocycles. The quantitative estimate of drug-likeness (QED) is 0.302. The summed E-state index contributed by atoms with van der Waals surface area (Å²) in [6.07, 6.45) is 33.5. The van der Waals surface area contributed by atoms with Gasteiger partial charge < -0.3 is 15.3 Å². The van der Waals surface area contributed by atoms with Crippen LogP contribution in [0.15, 0.2) is 133 Å². The zero-order chi connectivity index (χ0) is 28.8. The number of carboxylic acid groups (broad SMARTS) is 3. The van der Waals surface area contributed by atoms with Gasteiger partial charge in [0.25, 0.3) is 0 Å². The van der Waals surface area contributed by atoms with Crippen molar-refractivity contribution in [1.82, 2.24) is 0 Å². The predicted octanol–water partition coefficient (Wildman–Crippen LogP) is 7.46. The van der Waals surface area contributed by atoms with E-state index in [1.165, 1.54) is 6.92 Å². The number of allylic oxidation sites excluding steroid dienone is 16. The molecule has 0 aliphatic heterocycles. The summed E-state index contributed by atoms with van der Waals surface area (Å²) in [7, 11) is 0. The second-order valence-electron chi connectivity index (χ2n) is 8.35. The molecule has 38 heavy (non-hydrogen) atoms. The SMILES string of the molecule is C1=CCC=C1.C1=CCC=C1.C=C(C)C(=O)O.C=C(CC1=CC=CC1)C(=O)O.C=C(CC1=CC=CC1)C(=O)O. The molecule has 0 radical (unpaired) electrons. The van der Waals surface area contributed by atoms with Crippen molar-refractivity contribution in [2.24, 2.45) is 0 Å². The fourth-order valence-electron chi connectivity index (χ4n) is 2.73. The molecule has 0 unspecified atom stereocenters. The molecule has 0 saturated carbocycles. The normalized spacial score (nSPS) is 14.3. The number of carbonyl (C=O) groups is 3. The van der Waals surface area contributed by atoms with Crippen LogP contribution in [0.5, 0.6) is 0 Å². The van der Waals surface area contributed by atoms with Gasteiger partial charge in [-0.25, -0.2) is 14.4 Å². The maximum atomic E-state index is 10.3. The minimum absolute atomic E-state index is 0.176. The van der Waals surface area contributed by atoms with Crippen LogP contribution in [0.4, 0.5) is 0 Å². The van der Waals surface area contributed by atoms with E-state index in [0.29, 0.717) is 12.8 Å². The largest absolute Gasteiger partial charge is 0.478 e. The first-order valence-electron chi connectivity index (χ1n) is 12.1. The Morgan fingerprint density at radius 1 is 0.605 bits per heavy atom. The maximum Gasteiger partial charge on any atom is 0.331 e.